The molecule has 0 aliphatic carbocycles. The zero-order valence-corrected chi connectivity index (χ0v) is 20.0. The molecule has 6 heterocycles. The van der Waals surface area contributed by atoms with Crippen LogP contribution in [0.5, 0.6) is 0 Å². The first-order valence-corrected chi connectivity index (χ1v) is 12.0. The summed E-state index contributed by atoms with van der Waals surface area (Å²) < 4.78 is 17.6. The highest BCUT2D eigenvalue weighted by Gasteiger charge is 2.38. The molecule has 3 aliphatic heterocycles. The Bertz CT molecular complexity index is 1330. The van der Waals surface area contributed by atoms with Gasteiger partial charge in [-0.15, -0.1) is 0 Å². The molecule has 2 saturated heterocycles. The smallest absolute Gasteiger partial charge is 0.300 e. The average Bonchev–Trinajstić information content (AvgIpc) is 3.61. The molecule has 12 heteroatoms. The highest BCUT2D eigenvalue weighted by atomic mass is 16.5. The highest BCUT2D eigenvalue weighted by molar-refractivity contribution is 5.98. The summed E-state index contributed by atoms with van der Waals surface area (Å²) in [7, 11) is 0. The van der Waals surface area contributed by atoms with E-state index in [4.69, 9.17) is 30.3 Å². The number of nitrogens with two attached hydrogens (primary N) is 2. The first-order chi connectivity index (χ1) is 17.5. The lowest BCUT2D eigenvalue weighted by Gasteiger charge is -2.30. The van der Waals surface area contributed by atoms with E-state index < -0.39 is 12.1 Å². The van der Waals surface area contributed by atoms with Crippen molar-refractivity contribution in [2.45, 2.75) is 25.6 Å². The van der Waals surface area contributed by atoms with Crippen LogP contribution in [0.3, 0.4) is 0 Å². The Hall–Kier alpha value is -3.90. The third-order valence-electron chi connectivity index (χ3n) is 6.66. The zero-order chi connectivity index (χ0) is 24.8. The van der Waals surface area contributed by atoms with E-state index in [1.54, 1.807) is 11.1 Å². The minimum Gasteiger partial charge on any atom is -0.471 e. The van der Waals surface area contributed by atoms with Crippen molar-refractivity contribution in [1.29, 1.82) is 0 Å². The Labute approximate surface area is 207 Å². The topological polar surface area (TPSA) is 149 Å². The van der Waals surface area contributed by atoms with E-state index in [-0.39, 0.29) is 11.7 Å². The number of anilines is 3. The number of morpholine rings is 1. The lowest BCUT2D eigenvalue weighted by molar-refractivity contribution is -0.114. The Kier molecular flexibility index (Phi) is 5.61. The molecule has 3 aromatic heterocycles. The number of rotatable bonds is 5. The highest BCUT2D eigenvalue weighted by Crippen LogP contribution is 2.43. The fraction of sp³-hybridized carbons (Fsp3) is 0.417. The van der Waals surface area contributed by atoms with Crippen LogP contribution in [0.4, 0.5) is 17.5 Å². The van der Waals surface area contributed by atoms with Crippen molar-refractivity contribution in [3.63, 3.8) is 0 Å². The van der Waals surface area contributed by atoms with Gasteiger partial charge in [-0.05, 0) is 25.5 Å². The number of fused-ring (bicyclic) bond motifs is 1. The number of aromatic nitrogens is 3. The number of pyridine rings is 2. The lowest BCUT2D eigenvalue weighted by atomic mass is 10.1. The van der Waals surface area contributed by atoms with Gasteiger partial charge in [-0.25, -0.2) is 4.98 Å². The standard InChI is InChI=1S/C24H28N8O4/c1-14-10-15(2-4-27-14)23-32(18(13-35-23)20(26)33)17-11-19-21(28-22(17)31-5-3-16(25)12-31)29-24(36-19)30-6-8-34-9-7-30/h2,4,10-11,13,16,23H,3,5-9,12,25H2,1H3,(H2,26,33)/t16?,23-/m1/s1. The minimum atomic E-state index is -0.634. The number of nitrogens with zero attached hydrogens (tertiary/aromatic N) is 6. The molecule has 3 aromatic rings. The van der Waals surface area contributed by atoms with Crippen LogP contribution < -0.4 is 26.2 Å². The number of carbonyl (C=O) groups excluding carboxylic acids is 1. The van der Waals surface area contributed by atoms with E-state index >= 15 is 0 Å². The summed E-state index contributed by atoms with van der Waals surface area (Å²) in [6.45, 7) is 5.85. The predicted molar refractivity (Wildman–Crippen MR) is 132 cm³/mol. The molecule has 12 nitrogen and oxygen atoms in total. The average molecular weight is 493 g/mol. The molecule has 0 saturated carbocycles. The number of aryl methyl sites for hydroxylation is 1. The molecule has 1 unspecified atom stereocenters. The van der Waals surface area contributed by atoms with Gasteiger partial charge in [0.1, 0.15) is 12.0 Å². The van der Waals surface area contributed by atoms with Gasteiger partial charge in [-0.1, -0.05) is 0 Å². The molecule has 188 valence electrons. The second-order valence-electron chi connectivity index (χ2n) is 9.20. The largest absolute Gasteiger partial charge is 0.471 e. The van der Waals surface area contributed by atoms with Gasteiger partial charge in [-0.2, -0.15) is 4.98 Å². The molecule has 2 atom stereocenters. The summed E-state index contributed by atoms with van der Waals surface area (Å²) in [6, 6.07) is 6.14. The molecule has 36 heavy (non-hydrogen) atoms. The quantitative estimate of drug-likeness (QED) is 0.528. The van der Waals surface area contributed by atoms with Crippen LogP contribution in [-0.4, -0.2) is 66.3 Å². The van der Waals surface area contributed by atoms with E-state index in [1.165, 1.54) is 6.26 Å². The van der Waals surface area contributed by atoms with Crippen LogP contribution in [0.2, 0.25) is 0 Å². The molecule has 0 bridgehead atoms. The summed E-state index contributed by atoms with van der Waals surface area (Å²) in [6.07, 6.45) is 3.30. The molecular weight excluding hydrogens is 464 g/mol. The first-order valence-electron chi connectivity index (χ1n) is 12.0. The van der Waals surface area contributed by atoms with Crippen LogP contribution in [0.15, 0.2) is 40.8 Å². The number of amides is 1. The number of primary amides is 1. The van der Waals surface area contributed by atoms with Gasteiger partial charge in [0.05, 0.1) is 18.9 Å². The van der Waals surface area contributed by atoms with Crippen LogP contribution in [0.25, 0.3) is 11.2 Å². The maximum absolute atomic E-state index is 12.5. The van der Waals surface area contributed by atoms with Crippen LogP contribution in [0.1, 0.15) is 23.9 Å². The molecule has 0 radical (unpaired) electrons. The number of oxazole rings is 1. The number of carbonyl (C=O) groups is 1. The second-order valence-corrected chi connectivity index (χ2v) is 9.20. The minimum absolute atomic E-state index is 0.0243. The second kappa shape index (κ2) is 8.95. The van der Waals surface area contributed by atoms with Crippen LogP contribution >= 0.6 is 0 Å². The third kappa shape index (κ3) is 3.97. The van der Waals surface area contributed by atoms with E-state index in [0.29, 0.717) is 61.6 Å². The van der Waals surface area contributed by atoms with E-state index in [9.17, 15) is 4.79 Å². The van der Waals surface area contributed by atoms with Crippen molar-refractivity contribution in [3.8, 4) is 0 Å². The fourth-order valence-corrected chi connectivity index (χ4v) is 4.87. The SMILES string of the molecule is Cc1cc([C@H]2OC=C(C(N)=O)N2c2cc3oc(N4CCOCC4)nc3nc2N2CCC(N)C2)ccn1. The lowest BCUT2D eigenvalue weighted by Crippen LogP contribution is -2.36. The third-order valence-corrected chi connectivity index (χ3v) is 6.66. The van der Waals surface area contributed by atoms with Gasteiger partial charge < -0.3 is 35.2 Å². The maximum atomic E-state index is 12.5. The normalized spacial score (nSPS) is 22.3. The van der Waals surface area contributed by atoms with Crippen LogP contribution in [0, 0.1) is 6.92 Å². The van der Waals surface area contributed by atoms with Gasteiger partial charge in [0.25, 0.3) is 11.9 Å². The number of ether oxygens (including phenoxy) is 2. The molecule has 0 spiro atoms. The zero-order valence-electron chi connectivity index (χ0n) is 20.0. The Balaban J connectivity index is 1.49. The number of hydrogen-bond acceptors (Lipinski definition) is 11. The monoisotopic (exact) mass is 492 g/mol. The van der Waals surface area contributed by atoms with Crippen molar-refractivity contribution < 1.29 is 18.7 Å². The van der Waals surface area contributed by atoms with Crippen molar-refractivity contribution in [2.24, 2.45) is 11.5 Å². The summed E-state index contributed by atoms with van der Waals surface area (Å²) in [4.78, 5) is 32.3. The number of hydrogen-bond donors (Lipinski definition) is 2. The molecule has 3 aliphatic rings. The summed E-state index contributed by atoms with van der Waals surface area (Å²) >= 11 is 0. The van der Waals surface area contributed by atoms with Crippen molar-refractivity contribution in [1.82, 2.24) is 15.0 Å². The molecule has 1 amide bonds. The molecule has 4 N–H and O–H groups in total. The van der Waals surface area contributed by atoms with Crippen LogP contribution in [-0.2, 0) is 14.3 Å². The fourth-order valence-electron chi connectivity index (χ4n) is 4.87. The molecular formula is C24H28N8O4. The summed E-state index contributed by atoms with van der Waals surface area (Å²) in [5.74, 6) is 0.0322. The maximum Gasteiger partial charge on any atom is 0.300 e. The molecule has 2 fully saturated rings. The van der Waals surface area contributed by atoms with Gasteiger partial charge in [0, 0.05) is 55.7 Å². The Morgan fingerprint density at radius 1 is 1.14 bits per heavy atom. The molecule has 6 rings (SSSR count). The van der Waals surface area contributed by atoms with E-state index in [2.05, 4.69) is 14.9 Å². The first kappa shape index (κ1) is 22.6. The van der Waals surface area contributed by atoms with E-state index in [1.807, 2.05) is 30.0 Å². The Morgan fingerprint density at radius 2 is 1.97 bits per heavy atom. The summed E-state index contributed by atoms with van der Waals surface area (Å²) in [5.41, 5.74) is 15.5. The van der Waals surface area contributed by atoms with Gasteiger partial charge >= 0.3 is 0 Å². The van der Waals surface area contributed by atoms with Crippen molar-refractivity contribution in [3.05, 3.63) is 47.6 Å². The van der Waals surface area contributed by atoms with Gasteiger partial charge in [0.2, 0.25) is 11.9 Å². The Morgan fingerprint density at radius 3 is 2.69 bits per heavy atom. The molecule has 0 aromatic carbocycles. The van der Waals surface area contributed by atoms with Crippen molar-refractivity contribution >= 4 is 34.7 Å². The van der Waals surface area contributed by atoms with Crippen molar-refractivity contribution in [2.75, 3.05) is 54.1 Å². The van der Waals surface area contributed by atoms with E-state index in [0.717, 1.165) is 24.2 Å². The summed E-state index contributed by atoms with van der Waals surface area (Å²) in [5, 5.41) is 0. The van der Waals surface area contributed by atoms with Gasteiger partial charge in [0.15, 0.2) is 11.4 Å². The predicted octanol–water partition coefficient (Wildman–Crippen LogP) is 1.16. The van der Waals surface area contributed by atoms with Gasteiger partial charge in [-0.3, -0.25) is 14.7 Å².